The summed E-state index contributed by atoms with van der Waals surface area (Å²) in [6, 6.07) is 0. The number of nitrogens with zero attached hydrogens (tertiary/aromatic N) is 1. The lowest BCUT2D eigenvalue weighted by Crippen LogP contribution is -2.12. The maximum Gasteiger partial charge on any atom is 0.303 e. The Bertz CT molecular complexity index is 362. The van der Waals surface area contributed by atoms with Crippen LogP contribution in [-0.2, 0) is 4.79 Å². The summed E-state index contributed by atoms with van der Waals surface area (Å²) in [7, 11) is 3.88. The molecule has 3 nitrogen and oxygen atoms in total. The van der Waals surface area contributed by atoms with E-state index in [1.807, 2.05) is 38.1 Å². The van der Waals surface area contributed by atoms with Crippen LogP contribution in [0.15, 0.2) is 48.2 Å². The molecule has 0 bridgehead atoms. The normalized spacial score (nSPS) is 12.2. The highest BCUT2D eigenvalue weighted by molar-refractivity contribution is 5.67. The molecule has 0 aliphatic rings. The number of allylic oxidation sites excluding steroid dienone is 5. The second-order valence-corrected chi connectivity index (χ2v) is 4.00. The van der Waals surface area contributed by atoms with Crippen molar-refractivity contribution in [2.24, 2.45) is 0 Å². The molecule has 17 heavy (non-hydrogen) atoms. The molecule has 0 aromatic carbocycles. The molecule has 0 amide bonds. The predicted octanol–water partition coefficient (Wildman–Crippen LogP) is 2.99. The minimum Gasteiger partial charge on any atom is -0.481 e. The molecule has 3 heteroatoms. The highest BCUT2D eigenvalue weighted by atomic mass is 16.4. The van der Waals surface area contributed by atoms with Gasteiger partial charge in [0.05, 0.1) is 0 Å². The average Bonchev–Trinajstić information content (AvgIpc) is 2.25. The van der Waals surface area contributed by atoms with Gasteiger partial charge in [-0.25, -0.2) is 0 Å². The standard InChI is InChI=1S/C14H21NO2/c1-6-7-8-13(15(4)5)12(3)11(2)9-10-14(16)17/h6-8H,1-2,9-10H2,3-5H3,(H,16,17)/b8-7-,13-12-. The van der Waals surface area contributed by atoms with Crippen molar-refractivity contribution in [3.8, 4) is 0 Å². The molecule has 0 aromatic rings. The van der Waals surface area contributed by atoms with Crippen LogP contribution >= 0.6 is 0 Å². The lowest BCUT2D eigenvalue weighted by atomic mass is 10.0. The number of carbonyl (C=O) groups is 1. The van der Waals surface area contributed by atoms with Crippen molar-refractivity contribution in [2.45, 2.75) is 19.8 Å². The maximum absolute atomic E-state index is 10.5. The Morgan fingerprint density at radius 3 is 2.35 bits per heavy atom. The Morgan fingerprint density at radius 2 is 1.94 bits per heavy atom. The van der Waals surface area contributed by atoms with E-state index in [1.165, 1.54) is 0 Å². The number of hydrogen-bond acceptors (Lipinski definition) is 2. The molecule has 1 N–H and O–H groups in total. The van der Waals surface area contributed by atoms with Gasteiger partial charge in [0.2, 0.25) is 0 Å². The number of carboxylic acids is 1. The van der Waals surface area contributed by atoms with Crippen molar-refractivity contribution in [3.05, 3.63) is 48.2 Å². The van der Waals surface area contributed by atoms with Crippen LogP contribution in [0.25, 0.3) is 0 Å². The van der Waals surface area contributed by atoms with E-state index in [0.717, 1.165) is 16.8 Å². The van der Waals surface area contributed by atoms with Crippen molar-refractivity contribution < 1.29 is 9.90 Å². The van der Waals surface area contributed by atoms with Gasteiger partial charge in [-0.2, -0.15) is 0 Å². The third-order valence-corrected chi connectivity index (χ3v) is 2.43. The molecule has 0 aromatic heterocycles. The first-order valence-electron chi connectivity index (χ1n) is 5.47. The lowest BCUT2D eigenvalue weighted by molar-refractivity contribution is -0.136. The van der Waals surface area contributed by atoms with Gasteiger partial charge < -0.3 is 10.0 Å². The van der Waals surface area contributed by atoms with Gasteiger partial charge in [-0.3, -0.25) is 4.79 Å². The van der Waals surface area contributed by atoms with E-state index in [2.05, 4.69) is 13.2 Å². The Hall–Kier alpha value is -1.77. The van der Waals surface area contributed by atoms with Gasteiger partial charge >= 0.3 is 5.97 Å². The second kappa shape index (κ2) is 7.49. The van der Waals surface area contributed by atoms with Crippen LogP contribution < -0.4 is 0 Å². The van der Waals surface area contributed by atoms with Crippen LogP contribution in [0.2, 0.25) is 0 Å². The zero-order valence-electron chi connectivity index (χ0n) is 10.9. The summed E-state index contributed by atoms with van der Waals surface area (Å²) < 4.78 is 0. The van der Waals surface area contributed by atoms with Gasteiger partial charge in [-0.05, 0) is 30.6 Å². The number of hydrogen-bond donors (Lipinski definition) is 1. The predicted molar refractivity (Wildman–Crippen MR) is 71.7 cm³/mol. The molecule has 0 atom stereocenters. The highest BCUT2D eigenvalue weighted by Crippen LogP contribution is 2.19. The molecule has 0 rings (SSSR count). The van der Waals surface area contributed by atoms with E-state index < -0.39 is 5.97 Å². The molecule has 0 fully saturated rings. The van der Waals surface area contributed by atoms with Crippen molar-refractivity contribution in [1.82, 2.24) is 4.90 Å². The quantitative estimate of drug-likeness (QED) is 0.690. The SMILES string of the molecule is C=C/C=C\C(=C(/C)C(=C)CCC(=O)O)N(C)C. The molecule has 0 spiro atoms. The summed E-state index contributed by atoms with van der Waals surface area (Å²) in [5.74, 6) is -0.799. The van der Waals surface area contributed by atoms with Gasteiger partial charge in [0, 0.05) is 26.2 Å². The zero-order valence-corrected chi connectivity index (χ0v) is 10.9. The summed E-state index contributed by atoms with van der Waals surface area (Å²) in [4.78, 5) is 12.5. The van der Waals surface area contributed by atoms with Crippen molar-refractivity contribution in [3.63, 3.8) is 0 Å². The fourth-order valence-electron chi connectivity index (χ4n) is 1.40. The van der Waals surface area contributed by atoms with Gasteiger partial charge in [-0.1, -0.05) is 25.3 Å². The van der Waals surface area contributed by atoms with Gasteiger partial charge in [0.25, 0.3) is 0 Å². The van der Waals surface area contributed by atoms with Gasteiger partial charge in [-0.15, -0.1) is 0 Å². The third-order valence-electron chi connectivity index (χ3n) is 2.43. The number of aliphatic carboxylic acids is 1. The van der Waals surface area contributed by atoms with Gasteiger partial charge in [0.1, 0.15) is 0 Å². The number of likely N-dealkylation sites (N-methyl/N-ethyl adjacent to an activating group) is 1. The molecule has 0 radical (unpaired) electrons. The first-order chi connectivity index (χ1) is 7.90. The van der Waals surface area contributed by atoms with Crippen molar-refractivity contribution >= 4 is 5.97 Å². The van der Waals surface area contributed by atoms with Crippen LogP contribution in [0, 0.1) is 0 Å². The monoisotopic (exact) mass is 235 g/mol. The molecule has 94 valence electrons. The van der Waals surface area contributed by atoms with Gasteiger partial charge in [0.15, 0.2) is 0 Å². The van der Waals surface area contributed by atoms with E-state index in [1.54, 1.807) is 6.08 Å². The molecule has 0 saturated carbocycles. The summed E-state index contributed by atoms with van der Waals surface area (Å²) in [5, 5.41) is 8.64. The van der Waals surface area contributed by atoms with Crippen molar-refractivity contribution in [1.29, 1.82) is 0 Å². The maximum atomic E-state index is 10.5. The van der Waals surface area contributed by atoms with Crippen LogP contribution in [0.1, 0.15) is 19.8 Å². The Kier molecular flexibility index (Phi) is 6.71. The highest BCUT2D eigenvalue weighted by Gasteiger charge is 2.07. The Morgan fingerprint density at radius 1 is 1.35 bits per heavy atom. The third kappa shape index (κ3) is 5.76. The molecular weight excluding hydrogens is 214 g/mol. The number of rotatable bonds is 7. The summed E-state index contributed by atoms with van der Waals surface area (Å²) in [5.41, 5.74) is 2.87. The molecule has 0 aliphatic carbocycles. The fourth-order valence-corrected chi connectivity index (χ4v) is 1.40. The molecular formula is C14H21NO2. The largest absolute Gasteiger partial charge is 0.481 e. The van der Waals surface area contributed by atoms with Crippen LogP contribution in [0.5, 0.6) is 0 Å². The van der Waals surface area contributed by atoms with E-state index in [0.29, 0.717) is 6.42 Å². The van der Waals surface area contributed by atoms with E-state index in [4.69, 9.17) is 5.11 Å². The first-order valence-corrected chi connectivity index (χ1v) is 5.47. The van der Waals surface area contributed by atoms with Crippen molar-refractivity contribution in [2.75, 3.05) is 14.1 Å². The minimum absolute atomic E-state index is 0.113. The molecule has 0 heterocycles. The summed E-state index contributed by atoms with van der Waals surface area (Å²) >= 11 is 0. The smallest absolute Gasteiger partial charge is 0.303 e. The van der Waals surface area contributed by atoms with E-state index in [-0.39, 0.29) is 6.42 Å². The molecule has 0 unspecified atom stereocenters. The van der Waals surface area contributed by atoms with E-state index >= 15 is 0 Å². The van der Waals surface area contributed by atoms with E-state index in [9.17, 15) is 4.79 Å². The second-order valence-electron chi connectivity index (χ2n) is 4.00. The summed E-state index contributed by atoms with van der Waals surface area (Å²) in [6.07, 6.45) is 6.08. The topological polar surface area (TPSA) is 40.5 Å². The van der Waals surface area contributed by atoms with Crippen LogP contribution in [-0.4, -0.2) is 30.1 Å². The minimum atomic E-state index is -0.799. The molecule has 0 aliphatic heterocycles. The number of carboxylic acid groups (broad SMARTS) is 1. The lowest BCUT2D eigenvalue weighted by Gasteiger charge is -2.18. The first kappa shape index (κ1) is 15.2. The Labute approximate surface area is 103 Å². The van der Waals surface area contributed by atoms with Crippen LogP contribution in [0.3, 0.4) is 0 Å². The Balaban J connectivity index is 4.92. The average molecular weight is 235 g/mol. The van der Waals surface area contributed by atoms with Crippen LogP contribution in [0.4, 0.5) is 0 Å². The molecule has 0 saturated heterocycles. The fraction of sp³-hybridized carbons (Fsp3) is 0.357. The summed E-state index contributed by atoms with van der Waals surface area (Å²) in [6.45, 7) is 9.51. The zero-order chi connectivity index (χ0) is 13.4.